The number of nitrogens with zero attached hydrogens (tertiary/aromatic N) is 3. The highest BCUT2D eigenvalue weighted by Crippen LogP contribution is 2.20. The number of nitrogens with one attached hydrogen (secondary N) is 3. The van der Waals surface area contributed by atoms with Crippen LogP contribution in [0.2, 0.25) is 0 Å². The molecule has 8 nitrogen and oxygen atoms in total. The molecule has 0 fully saturated rings. The SMILES string of the molecule is CCN(C)C(=O)CNc1ccc(NC(=O)C(NCC(C)c2ccc(C#N)cc2)c2ccccc2)nc1. The molecule has 0 spiro atoms. The third kappa shape index (κ3) is 7.39. The van der Waals surface area contributed by atoms with Crippen LogP contribution in [0.5, 0.6) is 0 Å². The molecule has 0 aliphatic heterocycles. The van der Waals surface area contributed by atoms with Crippen molar-refractivity contribution in [3.05, 3.63) is 89.6 Å². The van der Waals surface area contributed by atoms with Crippen molar-refractivity contribution >= 4 is 23.3 Å². The molecule has 0 aliphatic carbocycles. The van der Waals surface area contributed by atoms with E-state index in [0.717, 1.165) is 11.1 Å². The zero-order valence-corrected chi connectivity index (χ0v) is 20.9. The van der Waals surface area contributed by atoms with Crippen LogP contribution in [0.25, 0.3) is 0 Å². The lowest BCUT2D eigenvalue weighted by atomic mass is 9.98. The molecule has 0 bridgehead atoms. The fraction of sp³-hybridized carbons (Fsp3) is 0.286. The Morgan fingerprint density at radius 1 is 1.03 bits per heavy atom. The normalized spacial score (nSPS) is 12.2. The molecular formula is C28H32N6O2. The topological polar surface area (TPSA) is 110 Å². The maximum atomic E-state index is 13.2. The van der Waals surface area contributed by atoms with Gasteiger partial charge in [0.1, 0.15) is 11.9 Å². The highest BCUT2D eigenvalue weighted by Gasteiger charge is 2.21. The number of nitriles is 1. The van der Waals surface area contributed by atoms with Gasteiger partial charge < -0.3 is 20.9 Å². The van der Waals surface area contributed by atoms with Gasteiger partial charge in [0.2, 0.25) is 11.8 Å². The Morgan fingerprint density at radius 2 is 1.75 bits per heavy atom. The summed E-state index contributed by atoms with van der Waals surface area (Å²) < 4.78 is 0. The number of carbonyl (C=O) groups excluding carboxylic acids is 2. The van der Waals surface area contributed by atoms with Gasteiger partial charge in [-0.3, -0.25) is 9.59 Å². The van der Waals surface area contributed by atoms with Gasteiger partial charge >= 0.3 is 0 Å². The minimum atomic E-state index is -0.575. The Balaban J connectivity index is 1.64. The van der Waals surface area contributed by atoms with E-state index in [9.17, 15) is 9.59 Å². The van der Waals surface area contributed by atoms with Crippen molar-refractivity contribution in [3.63, 3.8) is 0 Å². The molecule has 0 saturated carbocycles. The van der Waals surface area contributed by atoms with Gasteiger partial charge in [0.25, 0.3) is 0 Å². The van der Waals surface area contributed by atoms with Gasteiger partial charge in [0.05, 0.1) is 30.1 Å². The zero-order chi connectivity index (χ0) is 25.9. The molecule has 0 radical (unpaired) electrons. The van der Waals surface area contributed by atoms with E-state index in [2.05, 4.69) is 33.9 Å². The maximum Gasteiger partial charge on any atom is 0.247 e. The third-order valence-corrected chi connectivity index (χ3v) is 5.99. The van der Waals surface area contributed by atoms with Crippen molar-refractivity contribution in [3.8, 4) is 6.07 Å². The van der Waals surface area contributed by atoms with Crippen LogP contribution in [0.1, 0.15) is 42.5 Å². The molecule has 2 atom stereocenters. The van der Waals surface area contributed by atoms with Crippen LogP contribution in [-0.4, -0.2) is 48.4 Å². The first-order valence-electron chi connectivity index (χ1n) is 11.9. The molecule has 2 unspecified atom stereocenters. The van der Waals surface area contributed by atoms with Gasteiger partial charge in [0, 0.05) is 20.1 Å². The molecule has 2 amide bonds. The van der Waals surface area contributed by atoms with Gasteiger partial charge in [-0.1, -0.05) is 49.4 Å². The van der Waals surface area contributed by atoms with Crippen molar-refractivity contribution in [2.75, 3.05) is 37.3 Å². The number of pyridine rings is 1. The zero-order valence-electron chi connectivity index (χ0n) is 20.9. The molecule has 36 heavy (non-hydrogen) atoms. The van der Waals surface area contributed by atoms with E-state index in [0.29, 0.717) is 30.2 Å². The predicted octanol–water partition coefficient (Wildman–Crippen LogP) is 3.92. The minimum absolute atomic E-state index is 0.0121. The number of anilines is 2. The van der Waals surface area contributed by atoms with Crippen LogP contribution in [0.15, 0.2) is 72.9 Å². The first kappa shape index (κ1) is 26.4. The molecule has 3 N–H and O–H groups in total. The molecule has 8 heteroatoms. The summed E-state index contributed by atoms with van der Waals surface area (Å²) >= 11 is 0. The van der Waals surface area contributed by atoms with E-state index >= 15 is 0 Å². The van der Waals surface area contributed by atoms with Gasteiger partial charge in [-0.25, -0.2) is 4.98 Å². The Morgan fingerprint density at radius 3 is 2.36 bits per heavy atom. The van der Waals surface area contributed by atoms with E-state index in [1.54, 1.807) is 42.4 Å². The van der Waals surface area contributed by atoms with Crippen LogP contribution in [0, 0.1) is 11.3 Å². The quantitative estimate of drug-likeness (QED) is 0.381. The van der Waals surface area contributed by atoms with Crippen molar-refractivity contribution in [1.82, 2.24) is 15.2 Å². The fourth-order valence-electron chi connectivity index (χ4n) is 3.57. The lowest BCUT2D eigenvalue weighted by molar-refractivity contribution is -0.127. The fourth-order valence-corrected chi connectivity index (χ4v) is 3.57. The molecule has 186 valence electrons. The average Bonchev–Trinajstić information content (AvgIpc) is 2.92. The van der Waals surface area contributed by atoms with E-state index < -0.39 is 6.04 Å². The number of rotatable bonds is 11. The highest BCUT2D eigenvalue weighted by molar-refractivity contribution is 5.95. The Kier molecular flexibility index (Phi) is 9.55. The van der Waals surface area contributed by atoms with E-state index in [4.69, 9.17) is 5.26 Å². The lowest BCUT2D eigenvalue weighted by Gasteiger charge is -2.21. The Hall–Kier alpha value is -4.22. The largest absolute Gasteiger partial charge is 0.375 e. The predicted molar refractivity (Wildman–Crippen MR) is 141 cm³/mol. The van der Waals surface area contributed by atoms with Crippen LogP contribution >= 0.6 is 0 Å². The standard InChI is InChI=1S/C28H32N6O2/c1-4-34(3)26(35)19-30-24-14-15-25(31-18-24)33-28(36)27(23-8-6-5-7-9-23)32-17-20(2)22-12-10-21(16-29)11-13-22/h5-15,18,20,27,30,32H,4,17,19H2,1-3H3,(H,31,33,36). The van der Waals surface area contributed by atoms with Gasteiger partial charge in [0.15, 0.2) is 0 Å². The number of amides is 2. The van der Waals surface area contributed by atoms with E-state index in [-0.39, 0.29) is 24.3 Å². The average molecular weight is 485 g/mol. The summed E-state index contributed by atoms with van der Waals surface area (Å²) in [6, 6.07) is 22.1. The second-order valence-corrected chi connectivity index (χ2v) is 8.57. The van der Waals surface area contributed by atoms with Gasteiger partial charge in [-0.05, 0) is 48.2 Å². The van der Waals surface area contributed by atoms with Crippen molar-refractivity contribution in [2.24, 2.45) is 0 Å². The van der Waals surface area contributed by atoms with Crippen LogP contribution in [-0.2, 0) is 9.59 Å². The summed E-state index contributed by atoms with van der Waals surface area (Å²) in [5, 5.41) is 18.3. The molecule has 2 aromatic carbocycles. The Labute approximate surface area is 212 Å². The van der Waals surface area contributed by atoms with Crippen molar-refractivity contribution < 1.29 is 9.59 Å². The molecule has 3 aromatic rings. The molecule has 0 aliphatic rings. The van der Waals surface area contributed by atoms with Crippen LogP contribution < -0.4 is 16.0 Å². The van der Waals surface area contributed by atoms with E-state index in [1.165, 1.54) is 0 Å². The number of benzene rings is 2. The number of carbonyl (C=O) groups is 2. The second kappa shape index (κ2) is 13.0. The van der Waals surface area contributed by atoms with Crippen LogP contribution in [0.3, 0.4) is 0 Å². The van der Waals surface area contributed by atoms with Gasteiger partial charge in [-0.2, -0.15) is 5.26 Å². The maximum absolute atomic E-state index is 13.2. The molecule has 1 heterocycles. The van der Waals surface area contributed by atoms with Gasteiger partial charge in [-0.15, -0.1) is 0 Å². The van der Waals surface area contributed by atoms with Crippen molar-refractivity contribution in [1.29, 1.82) is 5.26 Å². The molecule has 3 rings (SSSR count). The molecule has 1 aromatic heterocycles. The monoisotopic (exact) mass is 484 g/mol. The first-order valence-corrected chi connectivity index (χ1v) is 11.9. The summed E-state index contributed by atoms with van der Waals surface area (Å²) in [6.07, 6.45) is 1.59. The minimum Gasteiger partial charge on any atom is -0.375 e. The smallest absolute Gasteiger partial charge is 0.247 e. The van der Waals surface area contributed by atoms with E-state index in [1.807, 2.05) is 49.4 Å². The number of hydrogen-bond acceptors (Lipinski definition) is 6. The summed E-state index contributed by atoms with van der Waals surface area (Å²) in [5.41, 5.74) is 3.25. The summed E-state index contributed by atoms with van der Waals surface area (Å²) in [5.74, 6) is 0.322. The van der Waals surface area contributed by atoms with Crippen molar-refractivity contribution in [2.45, 2.75) is 25.8 Å². The number of likely N-dealkylation sites (N-methyl/N-ethyl adjacent to an activating group) is 1. The third-order valence-electron chi connectivity index (χ3n) is 5.99. The second-order valence-electron chi connectivity index (χ2n) is 8.57. The summed E-state index contributed by atoms with van der Waals surface area (Å²) in [6.45, 7) is 5.38. The Bertz CT molecular complexity index is 1170. The number of aromatic nitrogens is 1. The van der Waals surface area contributed by atoms with Crippen LogP contribution in [0.4, 0.5) is 11.5 Å². The molecule has 0 saturated heterocycles. The number of hydrogen-bond donors (Lipinski definition) is 3. The summed E-state index contributed by atoms with van der Waals surface area (Å²) in [7, 11) is 1.75. The first-order chi connectivity index (χ1) is 17.4. The lowest BCUT2D eigenvalue weighted by Crippen LogP contribution is -2.35. The molecular weight excluding hydrogens is 452 g/mol. The highest BCUT2D eigenvalue weighted by atomic mass is 16.2. The summed E-state index contributed by atoms with van der Waals surface area (Å²) in [4.78, 5) is 31.2.